The molecule has 0 spiro atoms. The maximum absolute atomic E-state index is 7.39. The predicted octanol–water partition coefficient (Wildman–Crippen LogP) is 4.22. The molecule has 2 heterocycles. The second-order valence-electron chi connectivity index (χ2n) is 6.73. The summed E-state index contributed by atoms with van der Waals surface area (Å²) in [6.45, 7) is 13.4. The predicted molar refractivity (Wildman–Crippen MR) is 104 cm³/mol. The Balaban J connectivity index is 1.63. The summed E-state index contributed by atoms with van der Waals surface area (Å²) >= 11 is 0. The fourth-order valence-corrected chi connectivity index (χ4v) is 3.00. The molecule has 7 heteroatoms. The van der Waals surface area contributed by atoms with Gasteiger partial charge in [-0.25, -0.2) is 4.85 Å². The highest BCUT2D eigenvalue weighted by molar-refractivity contribution is 5.69. The summed E-state index contributed by atoms with van der Waals surface area (Å²) in [5.74, 6) is 2.28. The maximum atomic E-state index is 7.39. The van der Waals surface area contributed by atoms with E-state index in [9.17, 15) is 0 Å². The molecule has 0 bridgehead atoms. The lowest BCUT2D eigenvalue weighted by atomic mass is 10.1. The molecule has 0 aliphatic carbocycles. The lowest BCUT2D eigenvalue weighted by molar-refractivity contribution is 0.244. The minimum atomic E-state index is -0.00645. The largest absolute Gasteiger partial charge is 0.502 e. The lowest BCUT2D eigenvalue weighted by Crippen LogP contribution is -2.16. The highest BCUT2D eigenvalue weighted by Gasteiger charge is 2.16. The van der Waals surface area contributed by atoms with Crippen molar-refractivity contribution in [1.29, 1.82) is 0 Å². The number of ether oxygens (including phenoxy) is 2. The Morgan fingerprint density at radius 3 is 2.86 bits per heavy atom. The van der Waals surface area contributed by atoms with Crippen molar-refractivity contribution in [1.82, 2.24) is 15.5 Å². The second-order valence-corrected chi connectivity index (χ2v) is 6.73. The van der Waals surface area contributed by atoms with E-state index in [0.29, 0.717) is 35.3 Å². The van der Waals surface area contributed by atoms with Crippen molar-refractivity contribution in [3.8, 4) is 34.3 Å². The number of nitrogens with one attached hydrogen (secondary N) is 1. The number of fused-ring (bicyclic) bond motifs is 1. The van der Waals surface area contributed by atoms with E-state index in [1.54, 1.807) is 12.1 Å². The van der Waals surface area contributed by atoms with Gasteiger partial charge in [-0.2, -0.15) is 4.98 Å². The van der Waals surface area contributed by atoms with E-state index >= 15 is 0 Å². The van der Waals surface area contributed by atoms with Crippen molar-refractivity contribution in [2.75, 3.05) is 13.2 Å². The van der Waals surface area contributed by atoms with Gasteiger partial charge in [0.2, 0.25) is 11.5 Å². The highest BCUT2D eigenvalue weighted by atomic mass is 16.5. The van der Waals surface area contributed by atoms with Crippen LogP contribution in [0, 0.1) is 6.57 Å². The minimum Gasteiger partial charge on any atom is -0.502 e. The van der Waals surface area contributed by atoms with Gasteiger partial charge in [-0.3, -0.25) is 0 Å². The summed E-state index contributed by atoms with van der Waals surface area (Å²) in [6.07, 6.45) is -0.00645. The zero-order chi connectivity index (χ0) is 19.5. The van der Waals surface area contributed by atoms with Gasteiger partial charge in [-0.1, -0.05) is 5.16 Å². The normalized spacial score (nSPS) is 13.4. The van der Waals surface area contributed by atoms with E-state index in [-0.39, 0.29) is 6.10 Å². The summed E-state index contributed by atoms with van der Waals surface area (Å²) in [5.41, 5.74) is 3.01. The van der Waals surface area contributed by atoms with Gasteiger partial charge in [0.25, 0.3) is 5.89 Å². The van der Waals surface area contributed by atoms with Gasteiger partial charge in [0.05, 0.1) is 12.7 Å². The van der Waals surface area contributed by atoms with Crippen LogP contribution in [0.15, 0.2) is 40.9 Å². The Morgan fingerprint density at radius 2 is 2.04 bits per heavy atom. The molecule has 1 aromatic heterocycles. The van der Waals surface area contributed by atoms with Crippen LogP contribution in [0.5, 0.6) is 11.5 Å². The zero-order valence-electron chi connectivity index (χ0n) is 15.7. The van der Waals surface area contributed by atoms with E-state index in [2.05, 4.69) is 20.3 Å². The first kappa shape index (κ1) is 18.0. The van der Waals surface area contributed by atoms with Crippen LogP contribution in [0.1, 0.15) is 19.4 Å². The SMILES string of the molecule is [C-]#[N+]c1cc(-c2nc(-c3ccc4c(c3)CNCCO4)no2)ccc1OC(C)C. The van der Waals surface area contributed by atoms with Crippen molar-refractivity contribution in [3.63, 3.8) is 0 Å². The van der Waals surface area contributed by atoms with Crippen molar-refractivity contribution in [3.05, 3.63) is 53.4 Å². The third-order valence-electron chi connectivity index (χ3n) is 4.29. The molecule has 1 N–H and O–H groups in total. The van der Waals surface area contributed by atoms with Crippen molar-refractivity contribution < 1.29 is 14.0 Å². The molecule has 0 radical (unpaired) electrons. The van der Waals surface area contributed by atoms with Gasteiger partial charge in [0, 0.05) is 29.8 Å². The molecule has 0 amide bonds. The average molecular weight is 376 g/mol. The molecule has 0 saturated carbocycles. The number of benzene rings is 2. The number of aromatic nitrogens is 2. The summed E-state index contributed by atoms with van der Waals surface area (Å²) in [6, 6.07) is 11.1. The summed E-state index contributed by atoms with van der Waals surface area (Å²) in [7, 11) is 0. The fourth-order valence-electron chi connectivity index (χ4n) is 3.00. The molecule has 2 aromatic carbocycles. The van der Waals surface area contributed by atoms with Crippen molar-refractivity contribution >= 4 is 5.69 Å². The van der Waals surface area contributed by atoms with Crippen LogP contribution < -0.4 is 14.8 Å². The molecule has 3 aromatic rings. The van der Waals surface area contributed by atoms with Gasteiger partial charge < -0.3 is 19.3 Å². The van der Waals surface area contributed by atoms with E-state index in [1.807, 2.05) is 38.1 Å². The minimum absolute atomic E-state index is 0.00645. The Morgan fingerprint density at radius 1 is 1.18 bits per heavy atom. The van der Waals surface area contributed by atoms with Gasteiger partial charge in [0.1, 0.15) is 18.1 Å². The van der Waals surface area contributed by atoms with Crippen LogP contribution in [-0.4, -0.2) is 29.4 Å². The van der Waals surface area contributed by atoms with E-state index in [1.165, 1.54) is 0 Å². The van der Waals surface area contributed by atoms with Gasteiger partial charge >= 0.3 is 0 Å². The topological polar surface area (TPSA) is 73.8 Å². The molecular weight excluding hydrogens is 356 g/mol. The van der Waals surface area contributed by atoms with Crippen LogP contribution in [-0.2, 0) is 6.54 Å². The Hall–Kier alpha value is -3.37. The first-order valence-corrected chi connectivity index (χ1v) is 9.13. The van der Waals surface area contributed by atoms with E-state index < -0.39 is 0 Å². The molecule has 0 fully saturated rings. The standard InChI is InChI=1S/C21H20N4O3/c1-13(2)27-19-7-5-15(11-17(19)22-3)21-24-20(25-28-21)14-4-6-18-16(10-14)12-23-8-9-26-18/h4-7,10-11,13,23H,8-9,12H2,1-2H3. The van der Waals surface area contributed by atoms with Crippen LogP contribution in [0.3, 0.4) is 0 Å². The second kappa shape index (κ2) is 7.71. The summed E-state index contributed by atoms with van der Waals surface area (Å²) in [4.78, 5) is 8.05. The first-order chi connectivity index (χ1) is 13.6. The Kier molecular flexibility index (Phi) is 4.96. The molecule has 0 atom stereocenters. The molecule has 142 valence electrons. The molecule has 0 unspecified atom stereocenters. The first-order valence-electron chi connectivity index (χ1n) is 9.13. The Bertz CT molecular complexity index is 1040. The molecule has 1 aliphatic rings. The van der Waals surface area contributed by atoms with Crippen molar-refractivity contribution in [2.24, 2.45) is 0 Å². The van der Waals surface area contributed by atoms with Crippen LogP contribution in [0.4, 0.5) is 5.69 Å². The third-order valence-corrected chi connectivity index (χ3v) is 4.29. The molecule has 28 heavy (non-hydrogen) atoms. The quantitative estimate of drug-likeness (QED) is 0.687. The zero-order valence-corrected chi connectivity index (χ0v) is 15.7. The lowest BCUT2D eigenvalue weighted by Gasteiger charge is -2.11. The van der Waals surface area contributed by atoms with E-state index in [0.717, 1.165) is 30.0 Å². The molecule has 0 saturated heterocycles. The van der Waals surface area contributed by atoms with E-state index in [4.69, 9.17) is 20.6 Å². The van der Waals surface area contributed by atoms with Gasteiger partial charge in [0.15, 0.2) is 0 Å². The smallest absolute Gasteiger partial charge is 0.256 e. The van der Waals surface area contributed by atoms with Crippen LogP contribution in [0.25, 0.3) is 27.7 Å². The molecule has 4 rings (SSSR count). The summed E-state index contributed by atoms with van der Waals surface area (Å²) < 4.78 is 16.8. The molecule has 1 aliphatic heterocycles. The number of nitrogens with zero attached hydrogens (tertiary/aromatic N) is 3. The summed E-state index contributed by atoms with van der Waals surface area (Å²) in [5, 5.41) is 7.42. The molecular formula is C21H20N4O3. The average Bonchev–Trinajstić information content (AvgIpc) is 3.07. The third kappa shape index (κ3) is 3.68. The van der Waals surface area contributed by atoms with Gasteiger partial charge in [-0.15, -0.1) is 0 Å². The number of hydrogen-bond donors (Lipinski definition) is 1. The fraction of sp³-hybridized carbons (Fsp3) is 0.286. The van der Waals surface area contributed by atoms with Crippen LogP contribution >= 0.6 is 0 Å². The highest BCUT2D eigenvalue weighted by Crippen LogP contribution is 2.34. The monoisotopic (exact) mass is 376 g/mol. The number of rotatable bonds is 4. The van der Waals surface area contributed by atoms with Crippen molar-refractivity contribution in [2.45, 2.75) is 26.5 Å². The van der Waals surface area contributed by atoms with Gasteiger partial charge in [-0.05, 0) is 50.2 Å². The number of hydrogen-bond acceptors (Lipinski definition) is 6. The Labute approximate surface area is 163 Å². The van der Waals surface area contributed by atoms with Crippen LogP contribution in [0.2, 0.25) is 0 Å². The maximum Gasteiger partial charge on any atom is 0.256 e. The molecule has 7 nitrogen and oxygen atoms in total.